The van der Waals surface area contributed by atoms with E-state index in [2.05, 4.69) is 26.5 Å². The molecule has 26 heavy (non-hydrogen) atoms. The summed E-state index contributed by atoms with van der Waals surface area (Å²) in [5.41, 5.74) is 3.85. The number of thioether (sulfide) groups is 1. The van der Waals surface area contributed by atoms with Crippen molar-refractivity contribution < 1.29 is 14.5 Å². The first-order chi connectivity index (χ1) is 12.5. The maximum absolute atomic E-state index is 11.8. The minimum Gasteiger partial charge on any atom is -0.490 e. The van der Waals surface area contributed by atoms with E-state index in [4.69, 9.17) is 4.74 Å². The summed E-state index contributed by atoms with van der Waals surface area (Å²) in [5.74, 6) is 0.887. The molecule has 1 N–H and O–H groups in total. The number of nitrogens with one attached hydrogen (secondary N) is 1. The van der Waals surface area contributed by atoms with E-state index >= 15 is 0 Å². The molecule has 0 heterocycles. The summed E-state index contributed by atoms with van der Waals surface area (Å²) in [7, 11) is 1.36. The summed E-state index contributed by atoms with van der Waals surface area (Å²) < 4.78 is 5.93. The zero-order chi connectivity index (χ0) is 18.9. The molecule has 0 aromatic heterocycles. The van der Waals surface area contributed by atoms with Gasteiger partial charge in [0, 0.05) is 21.9 Å². The first-order valence-electron chi connectivity index (χ1n) is 7.46. The van der Waals surface area contributed by atoms with Crippen molar-refractivity contribution in [2.24, 2.45) is 5.10 Å². The summed E-state index contributed by atoms with van der Waals surface area (Å²) in [6.45, 7) is 0. The molecule has 2 rings (SSSR count). The van der Waals surface area contributed by atoms with Crippen molar-refractivity contribution in [3.63, 3.8) is 0 Å². The Labute approximate surface area is 163 Å². The second-order valence-corrected chi connectivity index (χ2v) is 7.01. The number of rotatable bonds is 8. The molecule has 1 amide bonds. The van der Waals surface area contributed by atoms with E-state index in [9.17, 15) is 14.9 Å². The number of methoxy groups -OCH3 is 1. The predicted octanol–water partition coefficient (Wildman–Crippen LogP) is 3.75. The standard InChI is InChI=1S/C17H16BrN3O4S/c1-25-16-6-5-12(8-15(16)21(23)24)9-19-20-17(22)11-26-10-13-3-2-4-14(18)7-13/h2-9H,10-11H2,1H3,(H,20,22)/b19-9-. The lowest BCUT2D eigenvalue weighted by Crippen LogP contribution is -2.19. The highest BCUT2D eigenvalue weighted by Gasteiger charge is 2.14. The Kier molecular flexibility index (Phi) is 7.61. The van der Waals surface area contributed by atoms with Crippen molar-refractivity contribution in [2.75, 3.05) is 12.9 Å². The van der Waals surface area contributed by atoms with Gasteiger partial charge in [-0.15, -0.1) is 11.8 Å². The Bertz CT molecular complexity index is 829. The Balaban J connectivity index is 1.83. The number of nitro groups is 1. The number of benzene rings is 2. The van der Waals surface area contributed by atoms with Crippen LogP contribution in [0.3, 0.4) is 0 Å². The van der Waals surface area contributed by atoms with Crippen LogP contribution in [-0.2, 0) is 10.5 Å². The smallest absolute Gasteiger partial charge is 0.311 e. The zero-order valence-electron chi connectivity index (χ0n) is 13.8. The van der Waals surface area contributed by atoms with Crippen LogP contribution in [0.2, 0.25) is 0 Å². The van der Waals surface area contributed by atoms with Gasteiger partial charge in [-0.2, -0.15) is 5.10 Å². The molecular formula is C17H16BrN3O4S. The number of halogens is 1. The number of carbonyl (C=O) groups excluding carboxylic acids is 1. The van der Waals surface area contributed by atoms with Crippen molar-refractivity contribution in [1.82, 2.24) is 5.43 Å². The lowest BCUT2D eigenvalue weighted by atomic mass is 10.2. The third kappa shape index (κ3) is 6.16. The zero-order valence-corrected chi connectivity index (χ0v) is 16.2. The fraction of sp³-hybridized carbons (Fsp3) is 0.176. The van der Waals surface area contributed by atoms with Gasteiger partial charge in [0.25, 0.3) is 0 Å². The van der Waals surface area contributed by atoms with Crippen LogP contribution in [0, 0.1) is 10.1 Å². The van der Waals surface area contributed by atoms with E-state index in [-0.39, 0.29) is 23.1 Å². The van der Waals surface area contributed by atoms with Crippen LogP contribution >= 0.6 is 27.7 Å². The first-order valence-corrected chi connectivity index (χ1v) is 9.41. The van der Waals surface area contributed by atoms with Crippen molar-refractivity contribution in [1.29, 1.82) is 0 Å². The number of amides is 1. The van der Waals surface area contributed by atoms with Crippen molar-refractivity contribution in [2.45, 2.75) is 5.75 Å². The maximum Gasteiger partial charge on any atom is 0.311 e. The molecule has 0 fully saturated rings. The highest BCUT2D eigenvalue weighted by molar-refractivity contribution is 9.10. The van der Waals surface area contributed by atoms with Crippen molar-refractivity contribution in [3.05, 3.63) is 68.2 Å². The Morgan fingerprint density at radius 2 is 2.19 bits per heavy atom. The largest absolute Gasteiger partial charge is 0.490 e. The van der Waals surface area contributed by atoms with E-state index in [1.165, 1.54) is 37.2 Å². The second kappa shape index (κ2) is 9.93. The molecule has 9 heteroatoms. The van der Waals surface area contributed by atoms with Gasteiger partial charge < -0.3 is 4.74 Å². The molecule has 0 spiro atoms. The summed E-state index contributed by atoms with van der Waals surface area (Å²) in [6, 6.07) is 12.3. The molecule has 0 bridgehead atoms. The van der Waals surface area contributed by atoms with Crippen LogP contribution in [0.25, 0.3) is 0 Å². The lowest BCUT2D eigenvalue weighted by molar-refractivity contribution is -0.385. The fourth-order valence-corrected chi connectivity index (χ4v) is 3.24. The summed E-state index contributed by atoms with van der Waals surface area (Å²) in [4.78, 5) is 22.2. The van der Waals surface area contributed by atoms with Gasteiger partial charge in [0.05, 0.1) is 24.0 Å². The first kappa shape index (κ1) is 19.9. The highest BCUT2D eigenvalue weighted by Crippen LogP contribution is 2.26. The third-order valence-corrected chi connectivity index (χ3v) is 4.69. The molecule has 0 aliphatic carbocycles. The molecule has 0 radical (unpaired) electrons. The van der Waals surface area contributed by atoms with Crippen LogP contribution < -0.4 is 10.2 Å². The topological polar surface area (TPSA) is 93.8 Å². The van der Waals surface area contributed by atoms with Crippen LogP contribution in [0.4, 0.5) is 5.69 Å². The third-order valence-electron chi connectivity index (χ3n) is 3.19. The van der Waals surface area contributed by atoms with E-state index < -0.39 is 4.92 Å². The van der Waals surface area contributed by atoms with Gasteiger partial charge in [0.2, 0.25) is 5.91 Å². The van der Waals surface area contributed by atoms with Gasteiger partial charge >= 0.3 is 5.69 Å². The van der Waals surface area contributed by atoms with E-state index in [1.54, 1.807) is 6.07 Å². The molecular weight excluding hydrogens is 422 g/mol. The molecule has 0 aliphatic heterocycles. The summed E-state index contributed by atoms with van der Waals surface area (Å²) >= 11 is 4.87. The maximum atomic E-state index is 11.8. The predicted molar refractivity (Wildman–Crippen MR) is 106 cm³/mol. The van der Waals surface area contributed by atoms with Gasteiger partial charge in [0.1, 0.15) is 0 Å². The van der Waals surface area contributed by atoms with Crippen LogP contribution in [-0.4, -0.2) is 29.9 Å². The van der Waals surface area contributed by atoms with Crippen LogP contribution in [0.15, 0.2) is 52.0 Å². The Morgan fingerprint density at radius 1 is 1.38 bits per heavy atom. The average Bonchev–Trinajstić information content (AvgIpc) is 2.61. The number of nitro benzene ring substituents is 1. The number of hydrogen-bond acceptors (Lipinski definition) is 6. The van der Waals surface area contributed by atoms with Crippen molar-refractivity contribution in [3.8, 4) is 5.75 Å². The van der Waals surface area contributed by atoms with E-state index in [0.29, 0.717) is 11.3 Å². The van der Waals surface area contributed by atoms with Crippen molar-refractivity contribution >= 4 is 45.5 Å². The van der Waals surface area contributed by atoms with Gasteiger partial charge in [-0.05, 0) is 29.8 Å². The Morgan fingerprint density at radius 3 is 2.88 bits per heavy atom. The minimum absolute atomic E-state index is 0.160. The lowest BCUT2D eigenvalue weighted by Gasteiger charge is -2.03. The molecule has 2 aromatic carbocycles. The van der Waals surface area contributed by atoms with E-state index in [0.717, 1.165) is 10.0 Å². The summed E-state index contributed by atoms with van der Waals surface area (Å²) in [6.07, 6.45) is 1.35. The van der Waals surface area contributed by atoms with Gasteiger partial charge in [-0.25, -0.2) is 5.43 Å². The number of carbonyl (C=O) groups is 1. The van der Waals surface area contributed by atoms with Crippen LogP contribution in [0.1, 0.15) is 11.1 Å². The molecule has 0 aliphatic rings. The highest BCUT2D eigenvalue weighted by atomic mass is 79.9. The van der Waals surface area contributed by atoms with Gasteiger partial charge in [0.15, 0.2) is 5.75 Å². The average molecular weight is 438 g/mol. The molecule has 136 valence electrons. The Hall–Kier alpha value is -2.39. The number of hydrazone groups is 1. The quantitative estimate of drug-likeness (QED) is 0.385. The monoisotopic (exact) mass is 437 g/mol. The molecule has 7 nitrogen and oxygen atoms in total. The minimum atomic E-state index is -0.534. The molecule has 0 saturated heterocycles. The summed E-state index contributed by atoms with van der Waals surface area (Å²) in [5, 5.41) is 14.8. The van der Waals surface area contributed by atoms with Crippen LogP contribution in [0.5, 0.6) is 5.75 Å². The molecule has 0 unspecified atom stereocenters. The SMILES string of the molecule is COc1ccc(/C=N\NC(=O)CSCc2cccc(Br)c2)cc1[N+](=O)[O-]. The number of ether oxygens (including phenoxy) is 1. The van der Waals surface area contributed by atoms with Gasteiger partial charge in [-0.1, -0.05) is 28.1 Å². The molecule has 0 atom stereocenters. The normalized spacial score (nSPS) is 10.7. The number of nitrogens with zero attached hydrogens (tertiary/aromatic N) is 2. The van der Waals surface area contributed by atoms with Gasteiger partial charge in [-0.3, -0.25) is 14.9 Å². The molecule has 2 aromatic rings. The fourth-order valence-electron chi connectivity index (χ4n) is 2.03. The van der Waals surface area contributed by atoms with E-state index in [1.807, 2.05) is 24.3 Å². The number of hydrogen-bond donors (Lipinski definition) is 1. The second-order valence-electron chi connectivity index (χ2n) is 5.10. The molecule has 0 saturated carbocycles.